The lowest BCUT2D eigenvalue weighted by Gasteiger charge is -2.08. The molecule has 3 rings (SSSR count). The van der Waals surface area contributed by atoms with E-state index in [9.17, 15) is 13.6 Å². The molecule has 1 aromatic carbocycles. The molecule has 27 heavy (non-hydrogen) atoms. The first-order valence-corrected chi connectivity index (χ1v) is 7.83. The van der Waals surface area contributed by atoms with E-state index in [2.05, 4.69) is 41.1 Å². The summed E-state index contributed by atoms with van der Waals surface area (Å²) in [5.74, 6) is -1.53. The average Bonchev–Trinajstić information content (AvgIpc) is 2.68. The Morgan fingerprint density at radius 1 is 1.07 bits per heavy atom. The molecule has 2 heterocycles. The minimum atomic E-state index is -1.03. The summed E-state index contributed by atoms with van der Waals surface area (Å²) in [6.07, 6.45) is 2.68. The molecular weight excluding hydrogens is 358 g/mol. The topological polar surface area (TPSA) is 118 Å². The van der Waals surface area contributed by atoms with Crippen LogP contribution in [0.3, 0.4) is 0 Å². The molecule has 0 saturated heterocycles. The number of benzene rings is 1. The van der Waals surface area contributed by atoms with Gasteiger partial charge in [0, 0.05) is 19.3 Å². The summed E-state index contributed by atoms with van der Waals surface area (Å²) in [5.41, 5.74) is -0.0677. The van der Waals surface area contributed by atoms with Crippen molar-refractivity contribution >= 4 is 17.8 Å². The van der Waals surface area contributed by atoms with Gasteiger partial charge in [0.25, 0.3) is 0 Å². The molecule has 9 nitrogen and oxygen atoms in total. The molecule has 0 saturated carbocycles. The van der Waals surface area contributed by atoms with E-state index in [0.717, 1.165) is 6.07 Å². The van der Waals surface area contributed by atoms with Gasteiger partial charge >= 0.3 is 6.03 Å². The summed E-state index contributed by atoms with van der Waals surface area (Å²) in [6, 6.07) is 6.54. The molecule has 2 aromatic heterocycles. The van der Waals surface area contributed by atoms with Crippen molar-refractivity contribution in [2.75, 3.05) is 23.7 Å². The fourth-order valence-electron chi connectivity index (χ4n) is 2.07. The zero-order valence-corrected chi connectivity index (χ0v) is 13.9. The number of nitrogens with one attached hydrogen (secondary N) is 3. The summed E-state index contributed by atoms with van der Waals surface area (Å²) in [7, 11) is 0. The highest BCUT2D eigenvalue weighted by Gasteiger charge is 2.12. The third-order valence-electron chi connectivity index (χ3n) is 3.27. The largest absolute Gasteiger partial charge is 0.352 e. The Bertz CT molecular complexity index is 925. The molecule has 3 aromatic rings. The van der Waals surface area contributed by atoms with Gasteiger partial charge in [-0.1, -0.05) is 6.07 Å². The number of urea groups is 1. The van der Waals surface area contributed by atoms with Crippen molar-refractivity contribution in [3.8, 4) is 11.4 Å². The van der Waals surface area contributed by atoms with Crippen LogP contribution in [0.1, 0.15) is 0 Å². The highest BCUT2D eigenvalue weighted by molar-refractivity contribution is 5.88. The molecule has 2 amide bonds. The zero-order chi connectivity index (χ0) is 19.1. The normalized spacial score (nSPS) is 10.3. The summed E-state index contributed by atoms with van der Waals surface area (Å²) in [5, 5.41) is 15.3. The van der Waals surface area contributed by atoms with Gasteiger partial charge in [-0.3, -0.25) is 5.32 Å². The van der Waals surface area contributed by atoms with Crippen LogP contribution in [0.25, 0.3) is 11.4 Å². The zero-order valence-electron chi connectivity index (χ0n) is 13.9. The van der Waals surface area contributed by atoms with E-state index in [1.807, 2.05) is 0 Å². The summed E-state index contributed by atoms with van der Waals surface area (Å²) >= 11 is 0. The van der Waals surface area contributed by atoms with Gasteiger partial charge in [-0.2, -0.15) is 10.1 Å². The van der Waals surface area contributed by atoms with Crippen LogP contribution in [-0.2, 0) is 0 Å². The number of rotatable bonds is 6. The Labute approximate surface area is 152 Å². The maximum atomic E-state index is 13.8. The monoisotopic (exact) mass is 372 g/mol. The maximum absolute atomic E-state index is 13.8. The van der Waals surface area contributed by atoms with E-state index in [1.54, 1.807) is 12.1 Å². The van der Waals surface area contributed by atoms with E-state index in [-0.39, 0.29) is 23.9 Å². The van der Waals surface area contributed by atoms with E-state index in [0.29, 0.717) is 12.4 Å². The average molecular weight is 372 g/mol. The van der Waals surface area contributed by atoms with Crippen LogP contribution < -0.4 is 16.0 Å². The number of carbonyl (C=O) groups is 1. The molecule has 3 N–H and O–H groups in total. The van der Waals surface area contributed by atoms with Gasteiger partial charge in [-0.05, 0) is 24.3 Å². The molecule has 0 atom stereocenters. The third-order valence-corrected chi connectivity index (χ3v) is 3.27. The predicted molar refractivity (Wildman–Crippen MR) is 92.7 cm³/mol. The number of hydrogen-bond donors (Lipinski definition) is 3. The third kappa shape index (κ3) is 4.87. The Hall–Kier alpha value is -3.76. The molecule has 0 radical (unpaired) electrons. The van der Waals surface area contributed by atoms with E-state index < -0.39 is 17.7 Å². The van der Waals surface area contributed by atoms with Crippen LogP contribution in [0.15, 0.2) is 42.9 Å². The second-order valence-corrected chi connectivity index (χ2v) is 5.15. The number of halogens is 2. The lowest BCUT2D eigenvalue weighted by atomic mass is 10.2. The van der Waals surface area contributed by atoms with E-state index in [1.165, 1.54) is 24.7 Å². The first-order chi connectivity index (χ1) is 13.1. The van der Waals surface area contributed by atoms with Gasteiger partial charge in [-0.15, -0.1) is 5.10 Å². The van der Waals surface area contributed by atoms with Crippen LogP contribution >= 0.6 is 0 Å². The van der Waals surface area contributed by atoms with Crippen molar-refractivity contribution in [2.45, 2.75) is 0 Å². The van der Waals surface area contributed by atoms with E-state index in [4.69, 9.17) is 0 Å². The molecule has 0 unspecified atom stereocenters. The molecule has 138 valence electrons. The van der Waals surface area contributed by atoms with Crippen LogP contribution in [0.4, 0.5) is 25.3 Å². The number of hydrogen-bond acceptors (Lipinski definition) is 7. The van der Waals surface area contributed by atoms with Gasteiger partial charge in [-0.25, -0.2) is 23.5 Å². The van der Waals surface area contributed by atoms with Gasteiger partial charge in [0.1, 0.15) is 6.33 Å². The molecule has 0 aliphatic rings. The van der Waals surface area contributed by atoms with Gasteiger partial charge in [0.05, 0.1) is 5.56 Å². The van der Waals surface area contributed by atoms with Crippen molar-refractivity contribution in [2.24, 2.45) is 0 Å². The van der Waals surface area contributed by atoms with Crippen molar-refractivity contribution in [3.05, 3.63) is 54.5 Å². The van der Waals surface area contributed by atoms with Crippen molar-refractivity contribution in [1.82, 2.24) is 30.5 Å². The predicted octanol–water partition coefficient (Wildman–Crippen LogP) is 1.84. The number of anilines is 2. The number of carbonyl (C=O) groups excluding carboxylic acids is 1. The van der Waals surface area contributed by atoms with Crippen LogP contribution in [0.2, 0.25) is 0 Å². The van der Waals surface area contributed by atoms with Crippen LogP contribution in [-0.4, -0.2) is 44.3 Å². The molecule has 0 aliphatic carbocycles. The number of aromatic nitrogens is 5. The van der Waals surface area contributed by atoms with Crippen molar-refractivity contribution in [3.63, 3.8) is 0 Å². The fraction of sp³-hybridized carbons (Fsp3) is 0.125. The van der Waals surface area contributed by atoms with Crippen molar-refractivity contribution in [1.29, 1.82) is 0 Å². The smallest absolute Gasteiger partial charge is 0.320 e. The maximum Gasteiger partial charge on any atom is 0.320 e. The highest BCUT2D eigenvalue weighted by atomic mass is 19.2. The number of nitrogens with zero attached hydrogens (tertiary/aromatic N) is 5. The van der Waals surface area contributed by atoms with Gasteiger partial charge < -0.3 is 10.6 Å². The summed E-state index contributed by atoms with van der Waals surface area (Å²) < 4.78 is 27.2. The molecule has 0 bridgehead atoms. The number of amides is 2. The highest BCUT2D eigenvalue weighted by Crippen LogP contribution is 2.21. The summed E-state index contributed by atoms with van der Waals surface area (Å²) in [4.78, 5) is 23.5. The van der Waals surface area contributed by atoms with E-state index >= 15 is 0 Å². The van der Waals surface area contributed by atoms with Gasteiger partial charge in [0.15, 0.2) is 23.3 Å². The Morgan fingerprint density at radius 3 is 2.78 bits per heavy atom. The molecule has 0 spiro atoms. The van der Waals surface area contributed by atoms with Gasteiger partial charge in [0.2, 0.25) is 5.95 Å². The lowest BCUT2D eigenvalue weighted by Crippen LogP contribution is -2.33. The molecule has 0 aliphatic heterocycles. The Morgan fingerprint density at radius 2 is 1.96 bits per heavy atom. The second-order valence-electron chi connectivity index (χ2n) is 5.15. The molecule has 11 heteroatoms. The summed E-state index contributed by atoms with van der Waals surface area (Å²) in [6.45, 7) is 0.546. The lowest BCUT2D eigenvalue weighted by molar-refractivity contribution is 0.252. The first-order valence-electron chi connectivity index (χ1n) is 7.83. The quantitative estimate of drug-likeness (QED) is 0.565. The van der Waals surface area contributed by atoms with Crippen LogP contribution in [0.5, 0.6) is 0 Å². The van der Waals surface area contributed by atoms with Crippen molar-refractivity contribution < 1.29 is 13.6 Å². The standard InChI is InChI=1S/C16H14F2N8O/c17-11-4-1-3-10(13(11)18)14-21-9-22-15(25-14)19-7-8-20-16(27)24-12-5-2-6-23-26-12/h1-6,9H,7-8H2,(H,19,21,22,25)(H2,20,24,26,27). The Kier molecular flexibility index (Phi) is 5.72. The first kappa shape index (κ1) is 18.0. The second kappa shape index (κ2) is 8.56. The fourth-order valence-corrected chi connectivity index (χ4v) is 2.07. The van der Waals surface area contributed by atoms with Crippen LogP contribution in [0, 0.1) is 11.6 Å². The SMILES string of the molecule is O=C(NCCNc1ncnc(-c2cccc(F)c2F)n1)Nc1cccnn1. The minimum absolute atomic E-state index is 0.00199. The molecular formula is C16H14F2N8O. The minimum Gasteiger partial charge on any atom is -0.352 e. The molecule has 0 fully saturated rings. The Balaban J connectivity index is 1.52.